The van der Waals surface area contributed by atoms with Crippen molar-refractivity contribution in [1.82, 2.24) is 10.2 Å². The van der Waals surface area contributed by atoms with Crippen LogP contribution in [0, 0.1) is 5.92 Å². The molecule has 2 rings (SSSR count). The molecule has 8 heteroatoms. The average Bonchev–Trinajstić information content (AvgIpc) is 3.18. The molecular formula is C13H19F3N2O3. The van der Waals surface area contributed by atoms with Crippen molar-refractivity contribution in [1.29, 1.82) is 0 Å². The summed E-state index contributed by atoms with van der Waals surface area (Å²) in [6.07, 6.45) is -1.89. The lowest BCUT2D eigenvalue weighted by atomic mass is 10.0. The largest absolute Gasteiger partial charge is 0.522 e. The first kappa shape index (κ1) is 16.1. The molecule has 2 aliphatic rings. The molecule has 0 aromatic heterocycles. The maximum absolute atomic E-state index is 12.3. The predicted octanol–water partition coefficient (Wildman–Crippen LogP) is 1.43. The lowest BCUT2D eigenvalue weighted by molar-refractivity contribution is -0.325. The standard InChI is InChI=1S/C13H19F3N2O3/c1-2-3-9-12(20)18(6-7-21-13(14,15)16)10(8-4-5-8)11(19)17-9/h8-10H,2-7H2,1H3,(H,17,19). The minimum absolute atomic E-state index is 0.0578. The normalized spacial score (nSPS) is 27.0. The molecule has 2 atom stereocenters. The van der Waals surface area contributed by atoms with E-state index in [1.807, 2.05) is 6.92 Å². The van der Waals surface area contributed by atoms with Gasteiger partial charge in [0.05, 0.1) is 6.61 Å². The van der Waals surface area contributed by atoms with E-state index in [9.17, 15) is 22.8 Å². The number of hydrogen-bond acceptors (Lipinski definition) is 3. The Hall–Kier alpha value is -1.31. The van der Waals surface area contributed by atoms with E-state index >= 15 is 0 Å². The van der Waals surface area contributed by atoms with Gasteiger partial charge in [-0.15, -0.1) is 13.2 Å². The van der Waals surface area contributed by atoms with Crippen molar-refractivity contribution in [2.75, 3.05) is 13.2 Å². The van der Waals surface area contributed by atoms with Crippen molar-refractivity contribution < 1.29 is 27.5 Å². The van der Waals surface area contributed by atoms with Gasteiger partial charge in [-0.1, -0.05) is 13.3 Å². The van der Waals surface area contributed by atoms with Crippen molar-refractivity contribution in [3.63, 3.8) is 0 Å². The predicted molar refractivity (Wildman–Crippen MR) is 67.1 cm³/mol. The Balaban J connectivity index is 2.03. The number of ether oxygens (including phenoxy) is 1. The molecule has 1 N–H and O–H groups in total. The van der Waals surface area contributed by atoms with Crippen molar-refractivity contribution in [2.45, 2.75) is 51.1 Å². The maximum atomic E-state index is 12.3. The van der Waals surface area contributed by atoms with E-state index in [2.05, 4.69) is 10.1 Å². The second kappa shape index (κ2) is 6.21. The van der Waals surface area contributed by atoms with Crippen LogP contribution in [0.5, 0.6) is 0 Å². The van der Waals surface area contributed by atoms with Crippen LogP contribution >= 0.6 is 0 Å². The molecule has 1 saturated carbocycles. The molecule has 0 radical (unpaired) electrons. The molecule has 1 saturated heterocycles. The monoisotopic (exact) mass is 308 g/mol. The van der Waals surface area contributed by atoms with Crippen LogP contribution in [0.4, 0.5) is 13.2 Å². The molecule has 5 nitrogen and oxygen atoms in total. The average molecular weight is 308 g/mol. The smallest absolute Gasteiger partial charge is 0.342 e. The quantitative estimate of drug-likeness (QED) is 0.807. The Morgan fingerprint density at radius 2 is 2.00 bits per heavy atom. The third-order valence-electron chi connectivity index (χ3n) is 3.75. The van der Waals surface area contributed by atoms with E-state index in [0.717, 1.165) is 12.8 Å². The van der Waals surface area contributed by atoms with Crippen LogP contribution in [0.15, 0.2) is 0 Å². The first-order valence-corrected chi connectivity index (χ1v) is 7.15. The van der Waals surface area contributed by atoms with Gasteiger partial charge < -0.3 is 10.2 Å². The highest BCUT2D eigenvalue weighted by atomic mass is 19.4. The van der Waals surface area contributed by atoms with Crippen molar-refractivity contribution in [2.24, 2.45) is 5.92 Å². The SMILES string of the molecule is CCCC1NC(=O)C(C2CC2)N(CCOC(F)(F)F)C1=O. The fourth-order valence-corrected chi connectivity index (χ4v) is 2.67. The molecule has 120 valence electrons. The van der Waals surface area contributed by atoms with Gasteiger partial charge in [0.2, 0.25) is 11.8 Å². The number of carbonyl (C=O) groups excluding carboxylic acids is 2. The Kier molecular flexibility index (Phi) is 4.75. The van der Waals surface area contributed by atoms with Gasteiger partial charge in [0.25, 0.3) is 0 Å². The number of piperazine rings is 1. The summed E-state index contributed by atoms with van der Waals surface area (Å²) in [7, 11) is 0. The number of nitrogens with one attached hydrogen (secondary N) is 1. The molecule has 0 bridgehead atoms. The van der Waals surface area contributed by atoms with E-state index < -0.39 is 25.1 Å². The summed E-state index contributed by atoms with van der Waals surface area (Å²) < 4.78 is 39.9. The van der Waals surface area contributed by atoms with Crippen LogP contribution in [0.25, 0.3) is 0 Å². The van der Waals surface area contributed by atoms with Crippen LogP contribution in [-0.2, 0) is 14.3 Å². The molecule has 1 heterocycles. The number of amides is 2. The first-order valence-electron chi connectivity index (χ1n) is 7.15. The number of halogens is 3. The summed E-state index contributed by atoms with van der Waals surface area (Å²) in [6, 6.07) is -1.29. The summed E-state index contributed by atoms with van der Waals surface area (Å²) in [5.41, 5.74) is 0. The molecule has 21 heavy (non-hydrogen) atoms. The highest BCUT2D eigenvalue weighted by Crippen LogP contribution is 2.37. The number of hydrogen-bond donors (Lipinski definition) is 1. The topological polar surface area (TPSA) is 58.6 Å². The zero-order valence-electron chi connectivity index (χ0n) is 11.8. The number of alkyl halides is 3. The Morgan fingerprint density at radius 3 is 2.52 bits per heavy atom. The highest BCUT2D eigenvalue weighted by molar-refractivity contribution is 5.97. The molecule has 0 aromatic carbocycles. The summed E-state index contributed by atoms with van der Waals surface area (Å²) in [4.78, 5) is 25.7. The van der Waals surface area contributed by atoms with Crippen molar-refractivity contribution in [3.05, 3.63) is 0 Å². The summed E-state index contributed by atoms with van der Waals surface area (Å²) >= 11 is 0. The van der Waals surface area contributed by atoms with Gasteiger partial charge in [0, 0.05) is 6.54 Å². The molecule has 0 aromatic rings. The van der Waals surface area contributed by atoms with E-state index in [0.29, 0.717) is 12.8 Å². The second-order valence-corrected chi connectivity index (χ2v) is 5.46. The first-order chi connectivity index (χ1) is 9.83. The van der Waals surface area contributed by atoms with E-state index in [4.69, 9.17) is 0 Å². The third-order valence-corrected chi connectivity index (χ3v) is 3.75. The van der Waals surface area contributed by atoms with Gasteiger partial charge >= 0.3 is 6.36 Å². The van der Waals surface area contributed by atoms with E-state index in [1.54, 1.807) is 0 Å². The molecule has 0 spiro atoms. The fraction of sp³-hybridized carbons (Fsp3) is 0.846. The van der Waals surface area contributed by atoms with Gasteiger partial charge in [-0.3, -0.25) is 14.3 Å². The van der Waals surface area contributed by atoms with Gasteiger partial charge in [-0.25, -0.2) is 0 Å². The molecule has 1 aliphatic carbocycles. The number of carbonyl (C=O) groups is 2. The van der Waals surface area contributed by atoms with Gasteiger partial charge in [-0.2, -0.15) is 0 Å². The van der Waals surface area contributed by atoms with E-state index in [-0.39, 0.29) is 24.3 Å². The van der Waals surface area contributed by atoms with Gasteiger partial charge in [0.1, 0.15) is 12.1 Å². The van der Waals surface area contributed by atoms with Gasteiger partial charge in [-0.05, 0) is 25.2 Å². The number of rotatable bonds is 6. The van der Waals surface area contributed by atoms with Crippen molar-refractivity contribution >= 4 is 11.8 Å². The molecular weight excluding hydrogens is 289 g/mol. The van der Waals surface area contributed by atoms with Crippen LogP contribution in [0.2, 0.25) is 0 Å². The Labute approximate surface area is 120 Å². The fourth-order valence-electron chi connectivity index (χ4n) is 2.67. The Morgan fingerprint density at radius 1 is 1.33 bits per heavy atom. The summed E-state index contributed by atoms with van der Waals surface area (Å²) in [6.45, 7) is 1.02. The van der Waals surface area contributed by atoms with Crippen LogP contribution in [-0.4, -0.2) is 48.3 Å². The highest BCUT2D eigenvalue weighted by Gasteiger charge is 2.47. The molecule has 2 amide bonds. The minimum atomic E-state index is -4.72. The van der Waals surface area contributed by atoms with Crippen LogP contribution < -0.4 is 5.32 Å². The molecule has 2 unspecified atom stereocenters. The molecule has 2 fully saturated rings. The lowest BCUT2D eigenvalue weighted by Gasteiger charge is -2.39. The third kappa shape index (κ3) is 4.09. The summed E-state index contributed by atoms with van der Waals surface area (Å²) in [5.74, 6) is -0.510. The van der Waals surface area contributed by atoms with Crippen LogP contribution in [0.1, 0.15) is 32.6 Å². The van der Waals surface area contributed by atoms with Crippen LogP contribution in [0.3, 0.4) is 0 Å². The van der Waals surface area contributed by atoms with E-state index in [1.165, 1.54) is 4.90 Å². The lowest BCUT2D eigenvalue weighted by Crippen LogP contribution is -2.64. The second-order valence-electron chi connectivity index (χ2n) is 5.46. The zero-order valence-corrected chi connectivity index (χ0v) is 11.8. The molecule has 1 aliphatic heterocycles. The minimum Gasteiger partial charge on any atom is -0.342 e. The van der Waals surface area contributed by atoms with Crippen molar-refractivity contribution in [3.8, 4) is 0 Å². The number of nitrogens with zero attached hydrogens (tertiary/aromatic N) is 1. The van der Waals surface area contributed by atoms with Gasteiger partial charge in [0.15, 0.2) is 0 Å². The zero-order chi connectivity index (χ0) is 15.6. The summed E-state index contributed by atoms with van der Waals surface area (Å²) in [5, 5.41) is 2.68. The maximum Gasteiger partial charge on any atom is 0.522 e. The Bertz CT molecular complexity index is 410.